The molecule has 2 N–H and O–H groups in total. The van der Waals surface area contributed by atoms with Crippen molar-refractivity contribution in [3.05, 3.63) is 76.2 Å². The number of anilines is 1. The Morgan fingerprint density at radius 3 is 2.67 bits per heavy atom. The molecule has 3 aromatic rings. The van der Waals surface area contributed by atoms with Gasteiger partial charge in [-0.1, -0.05) is 36.4 Å². The lowest BCUT2D eigenvalue weighted by atomic mass is 9.97. The highest BCUT2D eigenvalue weighted by Gasteiger charge is 2.47. The number of alkyl halides is 3. The lowest BCUT2D eigenvalue weighted by Gasteiger charge is -2.33. The second-order valence-electron chi connectivity index (χ2n) is 6.90. The summed E-state index contributed by atoms with van der Waals surface area (Å²) in [6.07, 6.45) is -1.54. The number of pyridine rings is 1. The highest BCUT2D eigenvalue weighted by Crippen LogP contribution is 2.46. The maximum absolute atomic E-state index is 13.8. The molecule has 1 aliphatic heterocycles. The highest BCUT2D eigenvalue weighted by molar-refractivity contribution is 9.10. The topological polar surface area (TPSA) is 71.8 Å². The Labute approximate surface area is 178 Å². The number of hydrogen-bond donors (Lipinski definition) is 2. The Morgan fingerprint density at radius 2 is 2.00 bits per heavy atom. The summed E-state index contributed by atoms with van der Waals surface area (Å²) in [4.78, 5) is 16.6. The molecule has 156 valence electrons. The van der Waals surface area contributed by atoms with Crippen LogP contribution in [0.25, 0.3) is 0 Å². The zero-order chi connectivity index (χ0) is 21.3. The third-order valence-corrected chi connectivity index (χ3v) is 5.64. The van der Waals surface area contributed by atoms with Crippen LogP contribution in [0, 0.1) is 0 Å². The van der Waals surface area contributed by atoms with Crippen LogP contribution in [-0.4, -0.2) is 26.8 Å². The van der Waals surface area contributed by atoms with Crippen LogP contribution >= 0.6 is 15.9 Å². The van der Waals surface area contributed by atoms with Crippen LogP contribution in [0.1, 0.15) is 40.1 Å². The summed E-state index contributed by atoms with van der Waals surface area (Å²) in [5, 5.41) is 9.76. The van der Waals surface area contributed by atoms with Gasteiger partial charge in [-0.2, -0.15) is 18.3 Å². The normalized spacial score (nSPS) is 18.4. The summed E-state index contributed by atoms with van der Waals surface area (Å²) in [5.41, 5.74) is 1.39. The second-order valence-corrected chi connectivity index (χ2v) is 7.69. The van der Waals surface area contributed by atoms with Crippen LogP contribution in [0.15, 0.2) is 59.3 Å². The predicted molar refractivity (Wildman–Crippen MR) is 108 cm³/mol. The molecule has 1 aliphatic rings. The van der Waals surface area contributed by atoms with E-state index in [4.69, 9.17) is 0 Å². The van der Waals surface area contributed by atoms with Crippen molar-refractivity contribution in [2.45, 2.75) is 31.2 Å². The number of carbonyl (C=O) groups is 1. The van der Waals surface area contributed by atoms with Gasteiger partial charge in [-0.3, -0.25) is 9.78 Å². The number of benzene rings is 1. The third kappa shape index (κ3) is 4.04. The molecular formula is C20H17BrF3N5O. The first-order chi connectivity index (χ1) is 14.3. The van der Waals surface area contributed by atoms with Gasteiger partial charge in [-0.05, 0) is 33.1 Å². The number of amides is 1. The molecule has 10 heteroatoms. The summed E-state index contributed by atoms with van der Waals surface area (Å²) in [6.45, 7) is 0.185. The Morgan fingerprint density at radius 1 is 1.23 bits per heavy atom. The second kappa shape index (κ2) is 8.10. The average Bonchev–Trinajstić information content (AvgIpc) is 3.08. The third-order valence-electron chi connectivity index (χ3n) is 4.89. The van der Waals surface area contributed by atoms with Gasteiger partial charge in [-0.15, -0.1) is 0 Å². The van der Waals surface area contributed by atoms with Crippen molar-refractivity contribution in [2.75, 3.05) is 5.32 Å². The molecule has 0 unspecified atom stereocenters. The SMILES string of the molecule is O=C(NCc1cccnc1)c1nn2c(c1Br)N[C@H](c1ccccc1)C[C@@H]2C(F)(F)F. The molecule has 6 nitrogen and oxygen atoms in total. The first kappa shape index (κ1) is 20.4. The van der Waals surface area contributed by atoms with Gasteiger partial charge in [0.2, 0.25) is 0 Å². The van der Waals surface area contributed by atoms with Crippen molar-refractivity contribution >= 4 is 27.7 Å². The quantitative estimate of drug-likeness (QED) is 0.572. The lowest BCUT2D eigenvalue weighted by Crippen LogP contribution is -2.35. The Hall–Kier alpha value is -2.88. The van der Waals surface area contributed by atoms with Crippen molar-refractivity contribution in [1.29, 1.82) is 0 Å². The van der Waals surface area contributed by atoms with Crippen LogP contribution in [0.4, 0.5) is 19.0 Å². The average molecular weight is 480 g/mol. The summed E-state index contributed by atoms with van der Waals surface area (Å²) in [6, 6.07) is 9.99. The number of halogens is 4. The van der Waals surface area contributed by atoms with Gasteiger partial charge in [0, 0.05) is 25.4 Å². The zero-order valence-corrected chi connectivity index (χ0v) is 17.1. The van der Waals surface area contributed by atoms with Crippen molar-refractivity contribution in [1.82, 2.24) is 20.1 Å². The number of nitrogens with one attached hydrogen (secondary N) is 2. The molecule has 2 atom stereocenters. The summed E-state index contributed by atoms with van der Waals surface area (Å²) in [7, 11) is 0. The minimum absolute atomic E-state index is 0.107. The molecule has 4 rings (SSSR count). The van der Waals surface area contributed by atoms with Crippen molar-refractivity contribution in [3.63, 3.8) is 0 Å². The standard InChI is InChI=1S/C20H17BrF3N5O/c21-16-17(19(30)26-11-12-5-4-8-25-10-12)28-29-15(20(22,23)24)9-14(27-18(16)29)13-6-2-1-3-7-13/h1-8,10,14-15,27H,9,11H2,(H,26,30)/t14-,15+/m0/s1. The first-order valence-electron chi connectivity index (χ1n) is 9.18. The van der Waals surface area contributed by atoms with Crippen molar-refractivity contribution in [3.8, 4) is 0 Å². The molecular weight excluding hydrogens is 463 g/mol. The van der Waals surface area contributed by atoms with Gasteiger partial charge < -0.3 is 10.6 Å². The first-order valence-corrected chi connectivity index (χ1v) is 9.97. The molecule has 0 saturated heterocycles. The van der Waals surface area contributed by atoms with E-state index in [1.54, 1.807) is 54.9 Å². The Kier molecular flexibility index (Phi) is 5.50. The fourth-order valence-corrected chi connectivity index (χ4v) is 3.96. The molecule has 30 heavy (non-hydrogen) atoms. The Bertz CT molecular complexity index is 1040. The van der Waals surface area contributed by atoms with Gasteiger partial charge >= 0.3 is 6.18 Å². The van der Waals surface area contributed by atoms with Gasteiger partial charge in [0.1, 0.15) is 5.82 Å². The molecule has 0 radical (unpaired) electrons. The van der Waals surface area contributed by atoms with E-state index in [-0.39, 0.29) is 29.0 Å². The molecule has 0 saturated carbocycles. The number of hydrogen-bond acceptors (Lipinski definition) is 4. The maximum atomic E-state index is 13.8. The molecule has 0 aliphatic carbocycles. The van der Waals surface area contributed by atoms with Gasteiger partial charge in [0.05, 0.1) is 10.5 Å². The predicted octanol–water partition coefficient (Wildman–Crippen LogP) is 4.63. The molecule has 3 heterocycles. The van der Waals surface area contributed by atoms with E-state index in [0.717, 1.165) is 15.8 Å². The number of aromatic nitrogens is 3. The lowest BCUT2D eigenvalue weighted by molar-refractivity contribution is -0.173. The fourth-order valence-electron chi connectivity index (χ4n) is 3.41. The number of fused-ring (bicyclic) bond motifs is 1. The number of carbonyl (C=O) groups excluding carboxylic acids is 1. The minimum Gasteiger partial charge on any atom is -0.362 e. The van der Waals surface area contributed by atoms with Crippen LogP contribution in [0.2, 0.25) is 0 Å². The van der Waals surface area contributed by atoms with Crippen LogP contribution < -0.4 is 10.6 Å². The van der Waals surface area contributed by atoms with E-state index in [9.17, 15) is 18.0 Å². The van der Waals surface area contributed by atoms with Gasteiger partial charge in [-0.25, -0.2) is 4.68 Å². The molecule has 1 aromatic carbocycles. The molecule has 1 amide bonds. The van der Waals surface area contributed by atoms with Crippen LogP contribution in [0.3, 0.4) is 0 Å². The van der Waals surface area contributed by atoms with E-state index in [1.165, 1.54) is 0 Å². The molecule has 2 aromatic heterocycles. The molecule has 0 fully saturated rings. The van der Waals surface area contributed by atoms with E-state index in [0.29, 0.717) is 0 Å². The maximum Gasteiger partial charge on any atom is 0.410 e. The monoisotopic (exact) mass is 479 g/mol. The van der Waals surface area contributed by atoms with Gasteiger partial charge in [0.15, 0.2) is 11.7 Å². The molecule has 0 bridgehead atoms. The largest absolute Gasteiger partial charge is 0.410 e. The minimum atomic E-state index is -4.52. The molecule has 0 spiro atoms. The van der Waals surface area contributed by atoms with Gasteiger partial charge in [0.25, 0.3) is 5.91 Å². The number of rotatable bonds is 4. The van der Waals surface area contributed by atoms with E-state index in [1.807, 2.05) is 0 Å². The van der Waals surface area contributed by atoms with Crippen LogP contribution in [0.5, 0.6) is 0 Å². The summed E-state index contributed by atoms with van der Waals surface area (Å²) in [5.74, 6) is -0.449. The smallest absolute Gasteiger partial charge is 0.362 e. The zero-order valence-electron chi connectivity index (χ0n) is 15.5. The van der Waals surface area contributed by atoms with Crippen LogP contribution in [-0.2, 0) is 6.54 Å². The van der Waals surface area contributed by atoms with E-state index >= 15 is 0 Å². The highest BCUT2D eigenvalue weighted by atomic mass is 79.9. The number of nitrogens with zero attached hydrogens (tertiary/aromatic N) is 3. The van der Waals surface area contributed by atoms with E-state index < -0.39 is 24.2 Å². The summed E-state index contributed by atoms with van der Waals surface area (Å²) < 4.78 is 42.5. The van der Waals surface area contributed by atoms with Crippen molar-refractivity contribution < 1.29 is 18.0 Å². The fraction of sp³-hybridized carbons (Fsp3) is 0.250. The van der Waals surface area contributed by atoms with Crippen molar-refractivity contribution in [2.24, 2.45) is 0 Å². The van der Waals surface area contributed by atoms with E-state index in [2.05, 4.69) is 36.6 Å². The Balaban J connectivity index is 1.64. The summed E-state index contributed by atoms with van der Waals surface area (Å²) >= 11 is 3.27.